The van der Waals surface area contributed by atoms with Crippen LogP contribution < -0.4 is 4.74 Å². The zero-order chi connectivity index (χ0) is 17.8. The summed E-state index contributed by atoms with van der Waals surface area (Å²) in [7, 11) is 0. The summed E-state index contributed by atoms with van der Waals surface area (Å²) in [6, 6.07) is 9.72. The van der Waals surface area contributed by atoms with Crippen molar-refractivity contribution in [3.05, 3.63) is 61.3 Å². The lowest BCUT2D eigenvalue weighted by atomic mass is 10.2. The van der Waals surface area contributed by atoms with Gasteiger partial charge in [0, 0.05) is 31.4 Å². The fourth-order valence-electron chi connectivity index (χ4n) is 2.82. The van der Waals surface area contributed by atoms with Crippen LogP contribution in [0.3, 0.4) is 0 Å². The number of rotatable bonds is 7. The van der Waals surface area contributed by atoms with E-state index in [-0.39, 0.29) is 0 Å². The molecule has 0 aliphatic rings. The van der Waals surface area contributed by atoms with Crippen LogP contribution in [0.1, 0.15) is 6.92 Å². The molecule has 0 aliphatic carbocycles. The molecule has 0 bridgehead atoms. The Hall–Kier alpha value is -3.19. The van der Waals surface area contributed by atoms with Gasteiger partial charge in [-0.25, -0.2) is 14.5 Å². The molecule has 0 N–H and O–H groups in total. The fourth-order valence-corrected chi connectivity index (χ4v) is 2.82. The first-order chi connectivity index (χ1) is 12.9. The first-order valence-corrected chi connectivity index (χ1v) is 8.50. The first-order valence-electron chi connectivity index (χ1n) is 8.50. The molecule has 7 nitrogen and oxygen atoms in total. The number of aromatic nitrogens is 5. The molecule has 0 saturated heterocycles. The smallest absolute Gasteiger partial charge is 0.165 e. The quantitative estimate of drug-likeness (QED) is 0.480. The van der Waals surface area contributed by atoms with E-state index in [2.05, 4.69) is 15.1 Å². The molecule has 1 aromatic carbocycles. The molecule has 0 fully saturated rings. The molecule has 7 heteroatoms. The molecule has 0 aliphatic heterocycles. The maximum Gasteiger partial charge on any atom is 0.165 e. The molecule has 0 unspecified atom stereocenters. The van der Waals surface area contributed by atoms with Crippen molar-refractivity contribution in [2.24, 2.45) is 0 Å². The molecule has 26 heavy (non-hydrogen) atoms. The molecule has 0 atom stereocenters. The second-order valence-electron chi connectivity index (χ2n) is 5.58. The summed E-state index contributed by atoms with van der Waals surface area (Å²) >= 11 is 0. The van der Waals surface area contributed by atoms with Crippen LogP contribution >= 0.6 is 0 Å². The molecule has 4 rings (SSSR count). The van der Waals surface area contributed by atoms with Gasteiger partial charge in [-0.1, -0.05) is 12.1 Å². The number of para-hydroxylation sites is 2. The van der Waals surface area contributed by atoms with E-state index in [9.17, 15) is 0 Å². The van der Waals surface area contributed by atoms with Gasteiger partial charge in [-0.15, -0.1) is 0 Å². The Morgan fingerprint density at radius 3 is 2.85 bits per heavy atom. The lowest BCUT2D eigenvalue weighted by Crippen LogP contribution is -2.08. The van der Waals surface area contributed by atoms with Gasteiger partial charge in [0.05, 0.1) is 24.1 Å². The summed E-state index contributed by atoms with van der Waals surface area (Å²) in [5, 5.41) is 4.35. The summed E-state index contributed by atoms with van der Waals surface area (Å²) in [5.74, 6) is 1.54. The third-order valence-electron chi connectivity index (χ3n) is 3.98. The molecule has 0 amide bonds. The van der Waals surface area contributed by atoms with E-state index < -0.39 is 0 Å². The Morgan fingerprint density at radius 2 is 1.92 bits per heavy atom. The standard InChI is InChI=1S/C19H19N5O2/c1-2-25-12-13-26-17-7-4-3-6-16(17)23-11-9-21-18(23)15-14-22-24-10-5-8-20-19(15)24/h3-11,14H,2,12-13H2,1H3. The highest BCUT2D eigenvalue weighted by atomic mass is 16.5. The van der Waals surface area contributed by atoms with Crippen molar-refractivity contribution in [3.8, 4) is 22.8 Å². The van der Waals surface area contributed by atoms with Crippen molar-refractivity contribution in [2.45, 2.75) is 6.92 Å². The number of fused-ring (bicyclic) bond motifs is 1. The number of nitrogens with zero attached hydrogens (tertiary/aromatic N) is 5. The highest BCUT2D eigenvalue weighted by Crippen LogP contribution is 2.29. The van der Waals surface area contributed by atoms with Crippen molar-refractivity contribution in [2.75, 3.05) is 19.8 Å². The number of hydrogen-bond acceptors (Lipinski definition) is 5. The zero-order valence-electron chi connectivity index (χ0n) is 14.4. The van der Waals surface area contributed by atoms with Crippen LogP contribution in [-0.2, 0) is 4.74 Å². The minimum atomic E-state index is 0.493. The maximum atomic E-state index is 5.91. The summed E-state index contributed by atoms with van der Waals surface area (Å²) < 4.78 is 15.0. The normalized spacial score (nSPS) is 11.1. The molecule has 3 heterocycles. The Morgan fingerprint density at radius 1 is 1.00 bits per heavy atom. The number of imidazole rings is 1. The molecule has 4 aromatic rings. The maximum absolute atomic E-state index is 5.91. The molecule has 0 spiro atoms. The lowest BCUT2D eigenvalue weighted by molar-refractivity contribution is 0.110. The Balaban J connectivity index is 1.72. The first kappa shape index (κ1) is 16.3. The summed E-state index contributed by atoms with van der Waals surface area (Å²) in [5.41, 5.74) is 2.53. The van der Waals surface area contributed by atoms with Gasteiger partial charge in [0.15, 0.2) is 5.65 Å². The van der Waals surface area contributed by atoms with Crippen LogP contribution in [0.4, 0.5) is 0 Å². The summed E-state index contributed by atoms with van der Waals surface area (Å²) in [4.78, 5) is 8.95. The van der Waals surface area contributed by atoms with Gasteiger partial charge in [0.25, 0.3) is 0 Å². The Bertz CT molecular complexity index is 1010. The second kappa shape index (κ2) is 7.37. The van der Waals surface area contributed by atoms with Gasteiger partial charge in [-0.05, 0) is 25.1 Å². The average molecular weight is 349 g/mol. The van der Waals surface area contributed by atoms with Crippen LogP contribution in [0.15, 0.2) is 61.3 Å². The highest BCUT2D eigenvalue weighted by Gasteiger charge is 2.16. The van der Waals surface area contributed by atoms with Crippen LogP contribution in [0, 0.1) is 0 Å². The summed E-state index contributed by atoms with van der Waals surface area (Å²) in [6.07, 6.45) is 9.06. The van der Waals surface area contributed by atoms with Crippen molar-refractivity contribution in [1.82, 2.24) is 24.1 Å². The van der Waals surface area contributed by atoms with Crippen LogP contribution in [-0.4, -0.2) is 44.0 Å². The molecule has 0 saturated carbocycles. The number of hydrogen-bond donors (Lipinski definition) is 0. The topological polar surface area (TPSA) is 66.5 Å². The van der Waals surface area contributed by atoms with Gasteiger partial charge in [-0.2, -0.15) is 5.10 Å². The third kappa shape index (κ3) is 3.04. The second-order valence-corrected chi connectivity index (χ2v) is 5.58. The lowest BCUT2D eigenvalue weighted by Gasteiger charge is -2.13. The molecular formula is C19H19N5O2. The van der Waals surface area contributed by atoms with Gasteiger partial charge >= 0.3 is 0 Å². The monoisotopic (exact) mass is 349 g/mol. The van der Waals surface area contributed by atoms with E-state index in [1.807, 2.05) is 54.2 Å². The van der Waals surface area contributed by atoms with E-state index in [1.54, 1.807) is 23.1 Å². The van der Waals surface area contributed by atoms with Crippen molar-refractivity contribution >= 4 is 5.65 Å². The van der Waals surface area contributed by atoms with E-state index >= 15 is 0 Å². The molecule has 0 radical (unpaired) electrons. The van der Waals surface area contributed by atoms with Gasteiger partial charge in [0.2, 0.25) is 0 Å². The molecule has 132 valence electrons. The molecule has 3 aromatic heterocycles. The summed E-state index contributed by atoms with van der Waals surface area (Å²) in [6.45, 7) is 3.70. The van der Waals surface area contributed by atoms with E-state index in [4.69, 9.17) is 9.47 Å². The van der Waals surface area contributed by atoms with E-state index in [0.717, 1.165) is 28.5 Å². The van der Waals surface area contributed by atoms with Crippen molar-refractivity contribution < 1.29 is 9.47 Å². The minimum absolute atomic E-state index is 0.493. The number of ether oxygens (including phenoxy) is 2. The van der Waals surface area contributed by atoms with E-state index in [1.165, 1.54) is 0 Å². The van der Waals surface area contributed by atoms with Crippen molar-refractivity contribution in [3.63, 3.8) is 0 Å². The van der Waals surface area contributed by atoms with Crippen LogP contribution in [0.25, 0.3) is 22.7 Å². The van der Waals surface area contributed by atoms with Gasteiger partial charge in [-0.3, -0.25) is 4.57 Å². The van der Waals surface area contributed by atoms with Crippen LogP contribution in [0.5, 0.6) is 5.75 Å². The van der Waals surface area contributed by atoms with Gasteiger partial charge in [0.1, 0.15) is 18.2 Å². The minimum Gasteiger partial charge on any atom is -0.489 e. The SMILES string of the molecule is CCOCCOc1ccccc1-n1ccnc1-c1cnn2cccnc12. The fraction of sp³-hybridized carbons (Fsp3) is 0.211. The predicted molar refractivity (Wildman–Crippen MR) is 97.5 cm³/mol. The van der Waals surface area contributed by atoms with Crippen molar-refractivity contribution in [1.29, 1.82) is 0 Å². The third-order valence-corrected chi connectivity index (χ3v) is 3.98. The zero-order valence-corrected chi connectivity index (χ0v) is 14.4. The largest absolute Gasteiger partial charge is 0.489 e. The Kier molecular flexibility index (Phi) is 4.61. The highest BCUT2D eigenvalue weighted by molar-refractivity contribution is 5.73. The number of benzene rings is 1. The predicted octanol–water partition coefficient (Wildman–Crippen LogP) is 3.00. The molecular weight excluding hydrogens is 330 g/mol. The van der Waals surface area contributed by atoms with E-state index in [0.29, 0.717) is 19.8 Å². The van der Waals surface area contributed by atoms with Crippen LogP contribution in [0.2, 0.25) is 0 Å². The Labute approximate surface area is 150 Å². The average Bonchev–Trinajstić information content (AvgIpc) is 3.32. The van der Waals surface area contributed by atoms with Gasteiger partial charge < -0.3 is 9.47 Å².